The largest absolute Gasteiger partial charge is 0.507 e. The Hall–Kier alpha value is -3.02. The molecule has 2 N–H and O–H groups in total. The summed E-state index contributed by atoms with van der Waals surface area (Å²) in [5.41, 5.74) is 0.990. The molecule has 0 aliphatic carbocycles. The molecule has 126 valence electrons. The minimum absolute atomic E-state index is 0.0366. The molecule has 0 amide bonds. The van der Waals surface area contributed by atoms with Gasteiger partial charge in [-0.3, -0.25) is 9.59 Å². The number of carbonyl (C=O) groups excluding carboxylic acids is 2. The number of Topliss-reactive ketones (excluding diaryl/α,β-unsaturated/α-hetero) is 2. The Kier molecular flexibility index (Phi) is 4.78. The van der Waals surface area contributed by atoms with Crippen LogP contribution in [-0.4, -0.2) is 36.0 Å². The normalized spacial score (nSPS) is 10.3. The molecule has 0 atom stereocenters. The Morgan fingerprint density at radius 2 is 1.08 bits per heavy atom. The number of carbonyl (C=O) groups is 2. The van der Waals surface area contributed by atoms with Gasteiger partial charge in [0.15, 0.2) is 11.6 Å². The van der Waals surface area contributed by atoms with Crippen LogP contribution in [0.15, 0.2) is 24.3 Å². The van der Waals surface area contributed by atoms with Crippen molar-refractivity contribution < 1.29 is 29.3 Å². The van der Waals surface area contributed by atoms with Crippen LogP contribution in [0.5, 0.6) is 23.0 Å². The van der Waals surface area contributed by atoms with E-state index in [0.29, 0.717) is 11.1 Å². The number of hydrogen-bond donors (Lipinski definition) is 2. The highest BCUT2D eigenvalue weighted by Crippen LogP contribution is 2.44. The van der Waals surface area contributed by atoms with Crippen LogP contribution in [0, 0.1) is 0 Å². The first kappa shape index (κ1) is 17.3. The number of benzene rings is 2. The van der Waals surface area contributed by atoms with Gasteiger partial charge in [-0.25, -0.2) is 0 Å². The zero-order valence-corrected chi connectivity index (χ0v) is 13.8. The fourth-order valence-electron chi connectivity index (χ4n) is 2.67. The molecule has 0 spiro atoms. The third kappa shape index (κ3) is 2.78. The van der Waals surface area contributed by atoms with Gasteiger partial charge in [0.2, 0.25) is 0 Å². The van der Waals surface area contributed by atoms with Crippen molar-refractivity contribution in [2.45, 2.75) is 13.8 Å². The molecule has 0 saturated carbocycles. The maximum absolute atomic E-state index is 11.8. The van der Waals surface area contributed by atoms with Crippen LogP contribution in [-0.2, 0) is 0 Å². The quantitative estimate of drug-likeness (QED) is 0.818. The fourth-order valence-corrected chi connectivity index (χ4v) is 2.67. The Balaban J connectivity index is 2.88. The predicted octanol–water partition coefficient (Wildman–Crippen LogP) is 3.19. The van der Waals surface area contributed by atoms with E-state index in [0.717, 1.165) is 0 Å². The molecule has 0 saturated heterocycles. The average Bonchev–Trinajstić information content (AvgIpc) is 2.53. The van der Waals surface area contributed by atoms with Crippen molar-refractivity contribution in [1.29, 1.82) is 0 Å². The first-order valence-corrected chi connectivity index (χ1v) is 7.15. The number of phenolic OH excluding ortho intramolecular Hbond substituents is 2. The highest BCUT2D eigenvalue weighted by Gasteiger charge is 2.24. The lowest BCUT2D eigenvalue weighted by Crippen LogP contribution is -2.03. The molecule has 2 aromatic rings. The second-order valence-electron chi connectivity index (χ2n) is 5.19. The molecule has 0 fully saturated rings. The summed E-state index contributed by atoms with van der Waals surface area (Å²) in [5.74, 6) is -0.797. The van der Waals surface area contributed by atoms with Gasteiger partial charge in [-0.15, -0.1) is 0 Å². The van der Waals surface area contributed by atoms with Crippen molar-refractivity contribution >= 4 is 11.6 Å². The maximum atomic E-state index is 11.8. The molecule has 24 heavy (non-hydrogen) atoms. The number of rotatable bonds is 5. The number of hydrogen-bond acceptors (Lipinski definition) is 6. The first-order chi connectivity index (χ1) is 11.3. The fraction of sp³-hybridized carbons (Fsp3) is 0.222. The Labute approximate surface area is 139 Å². The van der Waals surface area contributed by atoms with E-state index < -0.39 is 0 Å². The average molecular weight is 330 g/mol. The van der Waals surface area contributed by atoms with Gasteiger partial charge in [-0.05, 0) is 38.1 Å². The van der Waals surface area contributed by atoms with Crippen molar-refractivity contribution in [2.24, 2.45) is 0 Å². The van der Waals surface area contributed by atoms with E-state index in [4.69, 9.17) is 9.47 Å². The van der Waals surface area contributed by atoms with E-state index in [-0.39, 0.29) is 45.7 Å². The van der Waals surface area contributed by atoms with Crippen LogP contribution < -0.4 is 9.47 Å². The number of methoxy groups -OCH3 is 2. The van der Waals surface area contributed by atoms with Gasteiger partial charge in [0.25, 0.3) is 0 Å². The van der Waals surface area contributed by atoms with E-state index >= 15 is 0 Å². The van der Waals surface area contributed by atoms with Crippen LogP contribution >= 0.6 is 0 Å². The van der Waals surface area contributed by atoms with Crippen molar-refractivity contribution in [1.82, 2.24) is 0 Å². The first-order valence-electron chi connectivity index (χ1n) is 7.15. The summed E-state index contributed by atoms with van der Waals surface area (Å²) in [6.07, 6.45) is 0. The molecule has 2 aromatic carbocycles. The summed E-state index contributed by atoms with van der Waals surface area (Å²) in [7, 11) is 2.76. The summed E-state index contributed by atoms with van der Waals surface area (Å²) < 4.78 is 10.6. The Morgan fingerprint density at radius 1 is 0.750 bits per heavy atom. The van der Waals surface area contributed by atoms with Crippen molar-refractivity contribution in [3.05, 3.63) is 35.4 Å². The zero-order valence-electron chi connectivity index (χ0n) is 13.8. The molecular weight excluding hydrogens is 312 g/mol. The standard InChI is InChI=1S/C18H18O6/c1-9(19)15-13(21)7-5-11(17(15)23-3)12-6-8-14(22)16(10(2)20)18(12)24-4/h5-8,21-22H,1-4H3. The van der Waals surface area contributed by atoms with Gasteiger partial charge < -0.3 is 19.7 Å². The summed E-state index contributed by atoms with van der Waals surface area (Å²) in [6, 6.07) is 5.85. The minimum atomic E-state index is -0.365. The van der Waals surface area contributed by atoms with Gasteiger partial charge in [-0.2, -0.15) is 0 Å². The van der Waals surface area contributed by atoms with Gasteiger partial charge in [0.05, 0.1) is 14.2 Å². The summed E-state index contributed by atoms with van der Waals surface area (Å²) in [6.45, 7) is 2.63. The molecule has 0 radical (unpaired) electrons. The topological polar surface area (TPSA) is 93.1 Å². The van der Waals surface area contributed by atoms with Gasteiger partial charge >= 0.3 is 0 Å². The van der Waals surface area contributed by atoms with E-state index in [9.17, 15) is 19.8 Å². The monoisotopic (exact) mass is 330 g/mol. The number of aromatic hydroxyl groups is 2. The molecule has 0 aliphatic heterocycles. The molecular formula is C18H18O6. The van der Waals surface area contributed by atoms with Crippen LogP contribution in [0.4, 0.5) is 0 Å². The van der Waals surface area contributed by atoms with Crippen molar-refractivity contribution in [3.63, 3.8) is 0 Å². The second-order valence-corrected chi connectivity index (χ2v) is 5.19. The highest BCUT2D eigenvalue weighted by molar-refractivity contribution is 6.05. The SMILES string of the molecule is COc1c(-c2ccc(O)c(C(C)=O)c2OC)ccc(O)c1C(C)=O. The minimum Gasteiger partial charge on any atom is -0.507 e. The summed E-state index contributed by atoms with van der Waals surface area (Å²) in [5, 5.41) is 19.9. The molecule has 0 heterocycles. The lowest BCUT2D eigenvalue weighted by molar-refractivity contribution is 0.0998. The molecule has 6 nitrogen and oxygen atoms in total. The molecule has 0 unspecified atom stereocenters. The van der Waals surface area contributed by atoms with E-state index in [1.54, 1.807) is 12.1 Å². The highest BCUT2D eigenvalue weighted by atomic mass is 16.5. The lowest BCUT2D eigenvalue weighted by Gasteiger charge is -2.17. The van der Waals surface area contributed by atoms with E-state index in [1.165, 1.54) is 40.2 Å². The van der Waals surface area contributed by atoms with Crippen LogP contribution in [0.2, 0.25) is 0 Å². The summed E-state index contributed by atoms with van der Waals surface area (Å²) in [4.78, 5) is 23.7. The molecule has 6 heteroatoms. The van der Waals surface area contributed by atoms with Crippen LogP contribution in [0.25, 0.3) is 11.1 Å². The molecule has 0 bridgehead atoms. The van der Waals surface area contributed by atoms with Crippen molar-refractivity contribution in [2.75, 3.05) is 14.2 Å². The smallest absolute Gasteiger partial charge is 0.167 e. The Morgan fingerprint density at radius 3 is 1.33 bits per heavy atom. The number of ketones is 2. The van der Waals surface area contributed by atoms with Gasteiger partial charge in [-0.1, -0.05) is 0 Å². The molecule has 0 aliphatic rings. The molecule has 0 aromatic heterocycles. The second kappa shape index (κ2) is 6.62. The maximum Gasteiger partial charge on any atom is 0.167 e. The third-order valence-electron chi connectivity index (χ3n) is 3.67. The van der Waals surface area contributed by atoms with Gasteiger partial charge in [0.1, 0.15) is 34.1 Å². The number of ether oxygens (including phenoxy) is 2. The third-order valence-corrected chi connectivity index (χ3v) is 3.67. The van der Waals surface area contributed by atoms with Crippen molar-refractivity contribution in [3.8, 4) is 34.1 Å². The lowest BCUT2D eigenvalue weighted by atomic mass is 9.95. The number of phenols is 2. The molecule has 2 rings (SSSR count). The van der Waals surface area contributed by atoms with E-state index in [2.05, 4.69) is 0 Å². The summed E-state index contributed by atoms with van der Waals surface area (Å²) >= 11 is 0. The van der Waals surface area contributed by atoms with E-state index in [1.807, 2.05) is 0 Å². The predicted molar refractivity (Wildman–Crippen MR) is 88.3 cm³/mol. The van der Waals surface area contributed by atoms with Gasteiger partial charge in [0, 0.05) is 11.1 Å². The Bertz CT molecular complexity index is 753. The van der Waals surface area contributed by atoms with Crippen LogP contribution in [0.3, 0.4) is 0 Å². The van der Waals surface area contributed by atoms with Crippen LogP contribution in [0.1, 0.15) is 34.6 Å². The zero-order chi connectivity index (χ0) is 18.0.